The van der Waals surface area contributed by atoms with E-state index in [1.807, 2.05) is 24.3 Å². The van der Waals surface area contributed by atoms with Crippen molar-refractivity contribution in [2.24, 2.45) is 0 Å². The van der Waals surface area contributed by atoms with Gasteiger partial charge in [0.1, 0.15) is 11.8 Å². The molecule has 8 heteroatoms. The van der Waals surface area contributed by atoms with Gasteiger partial charge in [0, 0.05) is 30.5 Å². The summed E-state index contributed by atoms with van der Waals surface area (Å²) >= 11 is 6.08. The molecular formula is C20H23ClN3O4+. The largest absolute Gasteiger partial charge is 0.497 e. The molecule has 3 rings (SSSR count). The Morgan fingerprint density at radius 1 is 1.25 bits per heavy atom. The van der Waals surface area contributed by atoms with Crippen LogP contribution in [0.3, 0.4) is 0 Å². The molecule has 0 saturated carbocycles. The molecule has 1 amide bonds. The highest BCUT2D eigenvalue weighted by Gasteiger charge is 2.28. The topological polar surface area (TPSA) is 85.9 Å². The van der Waals surface area contributed by atoms with E-state index in [1.165, 1.54) is 35.9 Å². The van der Waals surface area contributed by atoms with Gasteiger partial charge in [-0.25, -0.2) is 0 Å². The van der Waals surface area contributed by atoms with Gasteiger partial charge in [-0.1, -0.05) is 11.6 Å². The van der Waals surface area contributed by atoms with E-state index in [0.717, 1.165) is 24.4 Å². The van der Waals surface area contributed by atoms with E-state index in [0.29, 0.717) is 6.54 Å². The molecule has 2 aromatic rings. The Morgan fingerprint density at radius 3 is 2.50 bits per heavy atom. The second kappa shape index (κ2) is 9.03. The third kappa shape index (κ3) is 4.61. The number of nitro groups is 1. The number of likely N-dealkylation sites (tertiary alicyclic amines) is 1. The number of hydrogen-bond acceptors (Lipinski definition) is 4. The van der Waals surface area contributed by atoms with Gasteiger partial charge in [0.15, 0.2) is 0 Å². The first-order valence-corrected chi connectivity index (χ1v) is 9.58. The zero-order chi connectivity index (χ0) is 20.1. The Balaban J connectivity index is 1.74. The average molecular weight is 405 g/mol. The summed E-state index contributed by atoms with van der Waals surface area (Å²) in [6.07, 6.45) is 2.34. The van der Waals surface area contributed by atoms with E-state index in [2.05, 4.69) is 5.32 Å². The third-order valence-electron chi connectivity index (χ3n) is 5.13. The Labute approximate surface area is 168 Å². The Hall–Kier alpha value is -2.64. The van der Waals surface area contributed by atoms with Gasteiger partial charge in [0.2, 0.25) is 0 Å². The number of rotatable bonds is 7. The molecule has 0 aliphatic carbocycles. The lowest BCUT2D eigenvalue weighted by Crippen LogP contribution is -3.11. The number of nitro benzene ring substituents is 1. The van der Waals surface area contributed by atoms with Crippen molar-refractivity contribution in [1.82, 2.24) is 5.32 Å². The minimum absolute atomic E-state index is 0.0706. The fourth-order valence-electron chi connectivity index (χ4n) is 3.60. The molecule has 0 unspecified atom stereocenters. The van der Waals surface area contributed by atoms with Crippen molar-refractivity contribution in [3.8, 4) is 5.75 Å². The van der Waals surface area contributed by atoms with E-state index < -0.39 is 4.92 Å². The molecule has 148 valence electrons. The van der Waals surface area contributed by atoms with E-state index in [1.54, 1.807) is 7.11 Å². The second-order valence-corrected chi connectivity index (χ2v) is 7.23. The van der Waals surface area contributed by atoms with Crippen LogP contribution in [0.15, 0.2) is 42.5 Å². The fraction of sp³-hybridized carbons (Fsp3) is 0.350. The highest BCUT2D eigenvalue weighted by atomic mass is 35.5. The lowest BCUT2D eigenvalue weighted by atomic mass is 10.0. The van der Waals surface area contributed by atoms with E-state index in [9.17, 15) is 14.9 Å². The molecule has 7 nitrogen and oxygen atoms in total. The van der Waals surface area contributed by atoms with Crippen molar-refractivity contribution in [2.75, 3.05) is 26.7 Å². The summed E-state index contributed by atoms with van der Waals surface area (Å²) in [6.45, 7) is 2.57. The summed E-state index contributed by atoms with van der Waals surface area (Å²) in [6, 6.07) is 11.9. The van der Waals surface area contributed by atoms with Crippen LogP contribution in [0, 0.1) is 10.1 Å². The zero-order valence-corrected chi connectivity index (χ0v) is 16.4. The van der Waals surface area contributed by atoms with Gasteiger partial charge in [-0.05, 0) is 30.3 Å². The summed E-state index contributed by atoms with van der Waals surface area (Å²) in [5, 5.41) is 13.9. The van der Waals surface area contributed by atoms with E-state index in [-0.39, 0.29) is 28.2 Å². The quantitative estimate of drug-likeness (QED) is 0.548. The van der Waals surface area contributed by atoms with Crippen molar-refractivity contribution in [3.63, 3.8) is 0 Å². The van der Waals surface area contributed by atoms with Crippen LogP contribution < -0.4 is 15.0 Å². The van der Waals surface area contributed by atoms with Gasteiger partial charge in [0.05, 0.1) is 42.3 Å². The third-order valence-corrected chi connectivity index (χ3v) is 5.44. The Bertz CT molecular complexity index is 851. The Morgan fingerprint density at radius 2 is 1.93 bits per heavy atom. The summed E-state index contributed by atoms with van der Waals surface area (Å²) in [5.74, 6) is 0.456. The van der Waals surface area contributed by atoms with Crippen LogP contribution in [0.5, 0.6) is 5.75 Å². The highest BCUT2D eigenvalue weighted by molar-refractivity contribution is 6.34. The summed E-state index contributed by atoms with van der Waals surface area (Å²) in [4.78, 5) is 24.3. The van der Waals surface area contributed by atoms with Gasteiger partial charge >= 0.3 is 0 Å². The van der Waals surface area contributed by atoms with Crippen LogP contribution in [0.25, 0.3) is 0 Å². The maximum Gasteiger partial charge on any atom is 0.270 e. The molecule has 1 saturated heterocycles. The molecule has 0 spiro atoms. The SMILES string of the molecule is COc1ccc([C@H](CNC(=O)c2ccc([N+](=O)[O-])cc2Cl)[NH+]2CCCC2)cc1. The van der Waals surface area contributed by atoms with Gasteiger partial charge in [-0.3, -0.25) is 14.9 Å². The lowest BCUT2D eigenvalue weighted by Gasteiger charge is -2.25. The van der Waals surface area contributed by atoms with Crippen LogP contribution >= 0.6 is 11.6 Å². The number of halogens is 1. The van der Waals surface area contributed by atoms with Gasteiger partial charge in [-0.15, -0.1) is 0 Å². The standard InChI is InChI=1S/C20H22ClN3O4/c1-28-16-7-4-14(5-8-16)19(23-10-2-3-11-23)13-22-20(25)17-9-6-15(24(26)27)12-18(17)21/h4-9,12,19H,2-3,10-11,13H2,1H3,(H,22,25)/p+1/t19-/m0/s1. The molecule has 1 heterocycles. The number of ether oxygens (including phenoxy) is 1. The minimum Gasteiger partial charge on any atom is -0.497 e. The van der Waals surface area contributed by atoms with Gasteiger partial charge < -0.3 is 15.0 Å². The van der Waals surface area contributed by atoms with Crippen molar-refractivity contribution in [2.45, 2.75) is 18.9 Å². The molecule has 0 bridgehead atoms. The van der Waals surface area contributed by atoms with Crippen molar-refractivity contribution in [1.29, 1.82) is 0 Å². The molecule has 1 atom stereocenters. The molecule has 1 aliphatic rings. The predicted molar refractivity (Wildman–Crippen MR) is 106 cm³/mol. The first-order valence-electron chi connectivity index (χ1n) is 9.20. The monoisotopic (exact) mass is 404 g/mol. The number of benzene rings is 2. The number of nitrogens with zero attached hydrogens (tertiary/aromatic N) is 1. The molecule has 1 aliphatic heterocycles. The summed E-state index contributed by atoms with van der Waals surface area (Å²) in [5.41, 5.74) is 1.23. The van der Waals surface area contributed by atoms with Crippen LogP contribution in [0.4, 0.5) is 5.69 Å². The van der Waals surface area contributed by atoms with Crippen LogP contribution in [0.1, 0.15) is 34.8 Å². The maximum absolute atomic E-state index is 12.6. The number of carbonyl (C=O) groups excluding carboxylic acids is 1. The fourth-order valence-corrected chi connectivity index (χ4v) is 3.86. The van der Waals surface area contributed by atoms with Crippen LogP contribution in [-0.4, -0.2) is 37.6 Å². The highest BCUT2D eigenvalue weighted by Crippen LogP contribution is 2.23. The number of quaternary nitrogens is 1. The average Bonchev–Trinajstić information content (AvgIpc) is 3.22. The zero-order valence-electron chi connectivity index (χ0n) is 15.6. The molecule has 28 heavy (non-hydrogen) atoms. The van der Waals surface area contributed by atoms with Crippen LogP contribution in [-0.2, 0) is 0 Å². The van der Waals surface area contributed by atoms with Crippen molar-refractivity contribution in [3.05, 3.63) is 68.7 Å². The summed E-state index contributed by atoms with van der Waals surface area (Å²) in [7, 11) is 1.63. The number of methoxy groups -OCH3 is 1. The number of hydrogen-bond donors (Lipinski definition) is 2. The van der Waals surface area contributed by atoms with E-state index in [4.69, 9.17) is 16.3 Å². The van der Waals surface area contributed by atoms with Crippen molar-refractivity contribution >= 4 is 23.2 Å². The Kier molecular flexibility index (Phi) is 6.49. The van der Waals surface area contributed by atoms with E-state index >= 15 is 0 Å². The molecule has 2 aromatic carbocycles. The molecular weight excluding hydrogens is 382 g/mol. The molecule has 1 fully saturated rings. The normalized spacial score (nSPS) is 15.2. The second-order valence-electron chi connectivity index (χ2n) is 6.82. The number of amides is 1. The number of carbonyl (C=O) groups is 1. The molecule has 2 N–H and O–H groups in total. The first-order chi connectivity index (χ1) is 13.5. The van der Waals surface area contributed by atoms with Gasteiger partial charge in [0.25, 0.3) is 11.6 Å². The van der Waals surface area contributed by atoms with Crippen molar-refractivity contribution < 1.29 is 19.4 Å². The lowest BCUT2D eigenvalue weighted by molar-refractivity contribution is -0.918. The summed E-state index contributed by atoms with van der Waals surface area (Å²) < 4.78 is 5.23. The van der Waals surface area contributed by atoms with Crippen LogP contribution in [0.2, 0.25) is 5.02 Å². The number of non-ortho nitro benzene ring substituents is 1. The predicted octanol–water partition coefficient (Wildman–Crippen LogP) is 2.41. The minimum atomic E-state index is -0.538. The molecule has 0 radical (unpaired) electrons. The smallest absolute Gasteiger partial charge is 0.270 e. The van der Waals surface area contributed by atoms with Gasteiger partial charge in [-0.2, -0.15) is 0 Å². The first kappa shape index (κ1) is 20.1. The maximum atomic E-state index is 12.6. The number of nitrogens with one attached hydrogen (secondary N) is 2. The molecule has 0 aromatic heterocycles.